The van der Waals surface area contributed by atoms with Crippen molar-refractivity contribution in [3.05, 3.63) is 34.4 Å². The van der Waals surface area contributed by atoms with Crippen LogP contribution < -0.4 is 9.47 Å². The lowest BCUT2D eigenvalue weighted by Gasteiger charge is -2.19. The van der Waals surface area contributed by atoms with Crippen molar-refractivity contribution in [3.63, 3.8) is 0 Å². The first-order valence-electron chi connectivity index (χ1n) is 8.70. The van der Waals surface area contributed by atoms with Crippen molar-refractivity contribution >= 4 is 17.6 Å². The Kier molecular flexibility index (Phi) is 4.76. The van der Waals surface area contributed by atoms with E-state index in [-0.39, 0.29) is 30.0 Å². The second-order valence-electron chi connectivity index (χ2n) is 7.63. The smallest absolute Gasteiger partial charge is 0.310 e. The summed E-state index contributed by atoms with van der Waals surface area (Å²) in [7, 11) is 0. The lowest BCUT2D eigenvalue weighted by Crippen LogP contribution is -2.15. The van der Waals surface area contributed by atoms with E-state index in [4.69, 9.17) is 25.8 Å². The van der Waals surface area contributed by atoms with Gasteiger partial charge in [0.2, 0.25) is 6.79 Å². The quantitative estimate of drug-likeness (QED) is 0.525. The summed E-state index contributed by atoms with van der Waals surface area (Å²) in [5, 5.41) is 0.528. The molecule has 3 rings (SSSR count). The zero-order valence-corrected chi connectivity index (χ0v) is 16.1. The average Bonchev–Trinajstić information content (AvgIpc) is 2.86. The monoisotopic (exact) mass is 364 g/mol. The molecule has 0 aromatic heterocycles. The Morgan fingerprint density at radius 3 is 2.60 bits per heavy atom. The normalized spacial score (nSPS) is 23.8. The number of rotatable bonds is 5. The molecule has 1 aliphatic carbocycles. The first-order chi connectivity index (χ1) is 11.8. The van der Waals surface area contributed by atoms with Gasteiger partial charge in [0.15, 0.2) is 11.5 Å². The van der Waals surface area contributed by atoms with E-state index < -0.39 is 6.10 Å². The largest absolute Gasteiger partial charge is 0.457 e. The standard InChI is InChI=1S/C20H25ClO4/c1-6-15(12-8-16-17(9-14(12)21)24-10-23-16)25-19(22)18-13(7-11(2)3)20(18,4)5/h7-9,13,15,18H,6,10H2,1-5H3/t13-,15-,18-/m0/s1. The van der Waals surface area contributed by atoms with E-state index in [1.54, 1.807) is 6.07 Å². The SMILES string of the molecule is CC[C@H](OC(=O)[C@@H]1[C@H](C=C(C)C)C1(C)C)c1cc2c(cc1Cl)OCO2. The molecule has 1 aromatic carbocycles. The highest BCUT2D eigenvalue weighted by molar-refractivity contribution is 6.31. The van der Waals surface area contributed by atoms with Crippen molar-refractivity contribution in [2.45, 2.75) is 47.1 Å². The molecule has 1 aromatic rings. The molecule has 25 heavy (non-hydrogen) atoms. The van der Waals surface area contributed by atoms with E-state index >= 15 is 0 Å². The van der Waals surface area contributed by atoms with Crippen LogP contribution in [0.2, 0.25) is 5.02 Å². The summed E-state index contributed by atoms with van der Waals surface area (Å²) in [5.74, 6) is 1.23. The number of halogens is 1. The molecule has 0 saturated heterocycles. The number of benzene rings is 1. The summed E-state index contributed by atoms with van der Waals surface area (Å²) in [6.07, 6.45) is 2.42. The van der Waals surface area contributed by atoms with E-state index in [0.29, 0.717) is 22.9 Å². The summed E-state index contributed by atoms with van der Waals surface area (Å²) >= 11 is 6.38. The fourth-order valence-corrected chi connectivity index (χ4v) is 3.83. The van der Waals surface area contributed by atoms with Crippen molar-refractivity contribution in [3.8, 4) is 11.5 Å². The molecule has 0 unspecified atom stereocenters. The van der Waals surface area contributed by atoms with Crippen molar-refractivity contribution in [1.29, 1.82) is 0 Å². The van der Waals surface area contributed by atoms with Crippen LogP contribution in [0.25, 0.3) is 0 Å². The lowest BCUT2D eigenvalue weighted by atomic mass is 10.1. The maximum atomic E-state index is 12.8. The number of carbonyl (C=O) groups is 1. The highest BCUT2D eigenvalue weighted by Gasteiger charge is 2.61. The van der Waals surface area contributed by atoms with E-state index in [2.05, 4.69) is 33.8 Å². The molecule has 0 bridgehead atoms. The van der Waals surface area contributed by atoms with Crippen LogP contribution in [0.1, 0.15) is 52.7 Å². The molecule has 0 spiro atoms. The van der Waals surface area contributed by atoms with Gasteiger partial charge in [-0.15, -0.1) is 0 Å². The highest BCUT2D eigenvalue weighted by Crippen LogP contribution is 2.60. The third-order valence-electron chi connectivity index (χ3n) is 5.15. The third kappa shape index (κ3) is 3.37. The second-order valence-corrected chi connectivity index (χ2v) is 8.04. The Balaban J connectivity index is 1.77. The Morgan fingerprint density at radius 2 is 2.00 bits per heavy atom. The summed E-state index contributed by atoms with van der Waals surface area (Å²) in [6.45, 7) is 10.5. The van der Waals surface area contributed by atoms with E-state index in [0.717, 1.165) is 5.56 Å². The fourth-order valence-electron chi connectivity index (χ4n) is 3.56. The minimum absolute atomic E-state index is 0.0642. The molecule has 4 nitrogen and oxygen atoms in total. The lowest BCUT2D eigenvalue weighted by molar-refractivity contribution is -0.152. The number of hydrogen-bond donors (Lipinski definition) is 0. The van der Waals surface area contributed by atoms with E-state index in [9.17, 15) is 4.79 Å². The van der Waals surface area contributed by atoms with E-state index in [1.807, 2.05) is 13.0 Å². The maximum absolute atomic E-state index is 12.8. The van der Waals surface area contributed by atoms with Gasteiger partial charge in [-0.1, -0.05) is 44.0 Å². The van der Waals surface area contributed by atoms with E-state index in [1.165, 1.54) is 5.57 Å². The number of allylic oxidation sites excluding steroid dienone is 2. The molecule has 0 amide bonds. The average molecular weight is 365 g/mol. The Hall–Kier alpha value is -1.68. The molecule has 0 radical (unpaired) electrons. The zero-order valence-electron chi connectivity index (χ0n) is 15.4. The minimum Gasteiger partial charge on any atom is -0.457 e. The van der Waals surface area contributed by atoms with Gasteiger partial charge in [0.25, 0.3) is 0 Å². The van der Waals surface area contributed by atoms with Gasteiger partial charge in [0.1, 0.15) is 6.10 Å². The first kappa shape index (κ1) is 18.1. The molecule has 1 saturated carbocycles. The van der Waals surface area contributed by atoms with Gasteiger partial charge in [-0.25, -0.2) is 0 Å². The van der Waals surface area contributed by atoms with Crippen LogP contribution in [-0.2, 0) is 9.53 Å². The molecular formula is C20H25ClO4. The van der Waals surface area contributed by atoms with Gasteiger partial charge in [0, 0.05) is 11.6 Å². The molecule has 2 aliphatic rings. The summed E-state index contributed by atoms with van der Waals surface area (Å²) in [5.41, 5.74) is 1.92. The topological polar surface area (TPSA) is 44.8 Å². The number of esters is 1. The molecular weight excluding hydrogens is 340 g/mol. The highest BCUT2D eigenvalue weighted by atomic mass is 35.5. The van der Waals surface area contributed by atoms with Crippen LogP contribution in [0.3, 0.4) is 0 Å². The number of ether oxygens (including phenoxy) is 3. The minimum atomic E-state index is -0.391. The van der Waals surface area contributed by atoms with Gasteiger partial charge >= 0.3 is 5.97 Å². The number of hydrogen-bond acceptors (Lipinski definition) is 4. The van der Waals surface area contributed by atoms with Crippen LogP contribution >= 0.6 is 11.6 Å². The second kappa shape index (κ2) is 6.56. The van der Waals surface area contributed by atoms with Crippen LogP contribution in [0.4, 0.5) is 0 Å². The Morgan fingerprint density at radius 1 is 1.36 bits per heavy atom. The predicted octanol–water partition coefficient (Wildman–Crippen LogP) is 5.30. The molecule has 1 aliphatic heterocycles. The zero-order chi connectivity index (χ0) is 18.4. The first-order valence-corrected chi connectivity index (χ1v) is 9.08. The number of carbonyl (C=O) groups excluding carboxylic acids is 1. The van der Waals surface area contributed by atoms with Gasteiger partial charge in [-0.05, 0) is 37.7 Å². The molecule has 5 heteroatoms. The van der Waals surface area contributed by atoms with Gasteiger partial charge < -0.3 is 14.2 Å². The number of fused-ring (bicyclic) bond motifs is 1. The van der Waals surface area contributed by atoms with Crippen LogP contribution in [0.15, 0.2) is 23.8 Å². The summed E-state index contributed by atoms with van der Waals surface area (Å²) in [4.78, 5) is 12.8. The molecule has 0 N–H and O–H groups in total. The van der Waals surface area contributed by atoms with Crippen molar-refractivity contribution < 1.29 is 19.0 Å². The molecule has 136 valence electrons. The Bertz CT molecular complexity index is 719. The van der Waals surface area contributed by atoms with Crippen LogP contribution in [0.5, 0.6) is 11.5 Å². The van der Waals surface area contributed by atoms with Gasteiger partial charge in [-0.3, -0.25) is 4.79 Å². The fraction of sp³-hybridized carbons (Fsp3) is 0.550. The van der Waals surface area contributed by atoms with Gasteiger partial charge in [-0.2, -0.15) is 0 Å². The predicted molar refractivity (Wildman–Crippen MR) is 96.9 cm³/mol. The third-order valence-corrected chi connectivity index (χ3v) is 5.47. The van der Waals surface area contributed by atoms with Crippen molar-refractivity contribution in [2.75, 3.05) is 6.79 Å². The van der Waals surface area contributed by atoms with Crippen LogP contribution in [0, 0.1) is 17.3 Å². The summed E-state index contributed by atoms with van der Waals surface area (Å²) in [6, 6.07) is 3.54. The molecule has 1 heterocycles. The van der Waals surface area contributed by atoms with Gasteiger partial charge in [0.05, 0.1) is 10.9 Å². The van der Waals surface area contributed by atoms with Crippen molar-refractivity contribution in [2.24, 2.45) is 17.3 Å². The summed E-state index contributed by atoms with van der Waals surface area (Å²) < 4.78 is 16.6. The van der Waals surface area contributed by atoms with Crippen LogP contribution in [-0.4, -0.2) is 12.8 Å². The Labute approximate surface area is 154 Å². The molecule has 1 fully saturated rings. The maximum Gasteiger partial charge on any atom is 0.310 e. The molecule has 3 atom stereocenters. The van der Waals surface area contributed by atoms with Crippen molar-refractivity contribution in [1.82, 2.24) is 0 Å².